The van der Waals surface area contributed by atoms with Gasteiger partial charge in [-0.2, -0.15) is 4.72 Å². The fraction of sp³-hybridized carbons (Fsp3) is 0.0909. The van der Waals surface area contributed by atoms with Gasteiger partial charge in [-0.15, -0.1) is 0 Å². The van der Waals surface area contributed by atoms with Crippen LogP contribution in [0.1, 0.15) is 5.56 Å². The van der Waals surface area contributed by atoms with E-state index in [9.17, 15) is 13.2 Å². The van der Waals surface area contributed by atoms with Crippen molar-refractivity contribution >= 4 is 44.3 Å². The normalized spacial score (nSPS) is 12.5. The van der Waals surface area contributed by atoms with Crippen molar-refractivity contribution in [1.29, 1.82) is 0 Å². The molecule has 0 saturated heterocycles. The maximum Gasteiger partial charge on any atom is 0.244 e. The minimum Gasteiger partial charge on any atom is -0.361 e. The molecule has 2 heterocycles. The number of rotatable bonds is 7. The van der Waals surface area contributed by atoms with E-state index in [1.54, 1.807) is 30.6 Å². The van der Waals surface area contributed by atoms with Gasteiger partial charge in [0.1, 0.15) is 11.9 Å². The number of sulfonamides is 1. The summed E-state index contributed by atoms with van der Waals surface area (Å²) in [6.07, 6.45) is 3.47. The van der Waals surface area contributed by atoms with Crippen LogP contribution in [0.4, 0.5) is 5.82 Å². The van der Waals surface area contributed by atoms with Crippen LogP contribution < -0.4 is 10.0 Å². The molecular weight excluding hydrogens is 436 g/mol. The number of nitrogens with zero attached hydrogens (tertiary/aromatic N) is 1. The summed E-state index contributed by atoms with van der Waals surface area (Å²) in [5, 5.41) is 4.02. The van der Waals surface area contributed by atoms with Crippen LogP contribution in [0.15, 0.2) is 84.0 Å². The molecule has 0 aliphatic heterocycles. The molecule has 0 fully saturated rings. The monoisotopic (exact) mass is 454 g/mol. The van der Waals surface area contributed by atoms with E-state index in [1.807, 2.05) is 24.3 Å². The molecule has 1 atom stereocenters. The van der Waals surface area contributed by atoms with Crippen LogP contribution >= 0.6 is 11.6 Å². The zero-order valence-electron chi connectivity index (χ0n) is 16.2. The van der Waals surface area contributed by atoms with Gasteiger partial charge in [-0.05, 0) is 54.4 Å². The van der Waals surface area contributed by atoms with E-state index in [0.29, 0.717) is 10.8 Å². The minimum absolute atomic E-state index is 0.0199. The summed E-state index contributed by atoms with van der Waals surface area (Å²) in [6.45, 7) is 0. The highest BCUT2D eigenvalue weighted by molar-refractivity contribution is 7.89. The maximum atomic E-state index is 13.0. The van der Waals surface area contributed by atoms with Crippen molar-refractivity contribution in [2.24, 2.45) is 0 Å². The van der Waals surface area contributed by atoms with Crippen LogP contribution in [0.25, 0.3) is 10.9 Å². The lowest BCUT2D eigenvalue weighted by Gasteiger charge is -2.18. The molecule has 31 heavy (non-hydrogen) atoms. The second-order valence-corrected chi connectivity index (χ2v) is 9.05. The third-order valence-electron chi connectivity index (χ3n) is 4.75. The summed E-state index contributed by atoms with van der Waals surface area (Å²) in [7, 11) is -3.97. The van der Waals surface area contributed by atoms with E-state index in [-0.39, 0.29) is 11.3 Å². The smallest absolute Gasteiger partial charge is 0.244 e. The van der Waals surface area contributed by atoms with E-state index in [1.165, 1.54) is 24.3 Å². The van der Waals surface area contributed by atoms with Crippen LogP contribution in [0.2, 0.25) is 5.02 Å². The highest BCUT2D eigenvalue weighted by atomic mass is 35.5. The van der Waals surface area contributed by atoms with Crippen molar-refractivity contribution in [3.63, 3.8) is 0 Å². The van der Waals surface area contributed by atoms with E-state index < -0.39 is 22.0 Å². The van der Waals surface area contributed by atoms with Crippen molar-refractivity contribution in [2.45, 2.75) is 17.4 Å². The van der Waals surface area contributed by atoms with Gasteiger partial charge in [0, 0.05) is 28.3 Å². The summed E-state index contributed by atoms with van der Waals surface area (Å²) < 4.78 is 28.4. The number of carbonyl (C=O) groups excluding carboxylic acids is 1. The molecule has 0 aliphatic carbocycles. The summed E-state index contributed by atoms with van der Waals surface area (Å²) in [4.78, 5) is 20.3. The van der Waals surface area contributed by atoms with Crippen LogP contribution in [0.5, 0.6) is 0 Å². The molecule has 9 heteroatoms. The predicted octanol–water partition coefficient (Wildman–Crippen LogP) is 3.74. The predicted molar refractivity (Wildman–Crippen MR) is 120 cm³/mol. The minimum atomic E-state index is -3.97. The molecule has 3 N–H and O–H groups in total. The molecule has 0 bridgehead atoms. The SMILES string of the molecule is O=C(Nc1ccccn1)[C@@H](Cc1c[nH]c2ccccc12)NS(=O)(=O)c1ccc(Cl)cc1. The lowest BCUT2D eigenvalue weighted by molar-refractivity contribution is -0.117. The first-order chi connectivity index (χ1) is 14.9. The third-order valence-corrected chi connectivity index (χ3v) is 6.49. The number of fused-ring (bicyclic) bond motifs is 1. The Hall–Kier alpha value is -3.20. The van der Waals surface area contributed by atoms with Gasteiger partial charge in [0.25, 0.3) is 0 Å². The Labute approximate surface area is 184 Å². The van der Waals surface area contributed by atoms with Crippen molar-refractivity contribution in [1.82, 2.24) is 14.7 Å². The molecule has 158 valence electrons. The van der Waals surface area contributed by atoms with Crippen LogP contribution in [-0.2, 0) is 21.2 Å². The molecule has 4 rings (SSSR count). The number of carbonyl (C=O) groups is 1. The molecule has 2 aromatic heterocycles. The van der Waals surface area contributed by atoms with Gasteiger partial charge in [-0.3, -0.25) is 4.79 Å². The number of aromatic nitrogens is 2. The fourth-order valence-corrected chi connectivity index (χ4v) is 4.55. The van der Waals surface area contributed by atoms with E-state index in [4.69, 9.17) is 11.6 Å². The molecular formula is C22H19ClN4O3S. The number of aromatic amines is 1. The van der Waals surface area contributed by atoms with Crippen LogP contribution in [0, 0.1) is 0 Å². The second kappa shape index (κ2) is 8.89. The second-order valence-electron chi connectivity index (χ2n) is 6.90. The number of anilines is 1. The summed E-state index contributed by atoms with van der Waals surface area (Å²) in [5.74, 6) is -0.177. The third kappa shape index (κ3) is 4.93. The first-order valence-electron chi connectivity index (χ1n) is 9.47. The topological polar surface area (TPSA) is 104 Å². The summed E-state index contributed by atoms with van der Waals surface area (Å²) in [5.41, 5.74) is 1.72. The average Bonchev–Trinajstić information content (AvgIpc) is 3.17. The van der Waals surface area contributed by atoms with Gasteiger partial charge in [0.2, 0.25) is 15.9 Å². The Balaban J connectivity index is 1.64. The Morgan fingerprint density at radius 3 is 2.52 bits per heavy atom. The summed E-state index contributed by atoms with van der Waals surface area (Å²) in [6, 6.07) is 17.4. The van der Waals surface area contributed by atoms with Gasteiger partial charge in [-0.25, -0.2) is 13.4 Å². The zero-order valence-corrected chi connectivity index (χ0v) is 17.8. The summed E-state index contributed by atoms with van der Waals surface area (Å²) >= 11 is 5.87. The van der Waals surface area contributed by atoms with Crippen LogP contribution in [-0.4, -0.2) is 30.3 Å². The number of pyridine rings is 1. The van der Waals surface area contributed by atoms with Crippen molar-refractivity contribution in [3.05, 3.63) is 89.7 Å². The van der Waals surface area contributed by atoms with Crippen molar-refractivity contribution in [3.8, 4) is 0 Å². The fourth-order valence-electron chi connectivity index (χ4n) is 3.23. The van der Waals surface area contributed by atoms with E-state index in [2.05, 4.69) is 20.0 Å². The number of halogens is 1. The number of H-pyrrole nitrogens is 1. The Morgan fingerprint density at radius 2 is 1.77 bits per heavy atom. The average molecular weight is 455 g/mol. The van der Waals surface area contributed by atoms with Crippen molar-refractivity contribution in [2.75, 3.05) is 5.32 Å². The maximum absolute atomic E-state index is 13.0. The molecule has 2 aromatic carbocycles. The van der Waals surface area contributed by atoms with Gasteiger partial charge in [-0.1, -0.05) is 35.9 Å². The molecule has 0 saturated carbocycles. The molecule has 7 nitrogen and oxygen atoms in total. The highest BCUT2D eigenvalue weighted by Gasteiger charge is 2.27. The van der Waals surface area contributed by atoms with E-state index >= 15 is 0 Å². The number of amides is 1. The number of hydrogen-bond donors (Lipinski definition) is 3. The van der Waals surface area contributed by atoms with E-state index in [0.717, 1.165) is 16.5 Å². The van der Waals surface area contributed by atoms with Gasteiger partial charge >= 0.3 is 0 Å². The van der Waals surface area contributed by atoms with Gasteiger partial charge in [0.05, 0.1) is 4.90 Å². The van der Waals surface area contributed by atoms with Crippen LogP contribution in [0.3, 0.4) is 0 Å². The lowest BCUT2D eigenvalue weighted by atomic mass is 10.1. The number of benzene rings is 2. The lowest BCUT2D eigenvalue weighted by Crippen LogP contribution is -2.45. The standard InChI is InChI=1S/C22H19ClN4O3S/c23-16-8-10-17(11-9-16)31(29,30)27-20(22(28)26-21-7-3-4-12-24-21)13-15-14-25-19-6-2-1-5-18(15)19/h1-12,14,20,25,27H,13H2,(H,24,26,28)/t20-/m1/s1. The first kappa shape index (κ1) is 21.0. The number of hydrogen-bond acceptors (Lipinski definition) is 4. The Bertz CT molecular complexity index is 1310. The molecule has 0 radical (unpaired) electrons. The molecule has 0 unspecified atom stereocenters. The van der Waals surface area contributed by atoms with Crippen molar-refractivity contribution < 1.29 is 13.2 Å². The van der Waals surface area contributed by atoms with Gasteiger partial charge < -0.3 is 10.3 Å². The largest absolute Gasteiger partial charge is 0.361 e. The quantitative estimate of drug-likeness (QED) is 0.395. The number of para-hydroxylation sites is 1. The van der Waals surface area contributed by atoms with Gasteiger partial charge in [0.15, 0.2) is 0 Å². The zero-order chi connectivity index (χ0) is 21.8. The molecule has 4 aromatic rings. The Kier molecular flexibility index (Phi) is 6.03. The molecule has 0 aliphatic rings. The highest BCUT2D eigenvalue weighted by Crippen LogP contribution is 2.21. The molecule has 0 spiro atoms. The number of nitrogens with one attached hydrogen (secondary N) is 3. The molecule has 1 amide bonds. The Morgan fingerprint density at radius 1 is 1.03 bits per heavy atom. The first-order valence-corrected chi connectivity index (χ1v) is 11.3.